The molecule has 4 heteroatoms. The lowest BCUT2D eigenvalue weighted by atomic mass is 9.91. The van der Waals surface area contributed by atoms with Gasteiger partial charge in [0.2, 0.25) is 0 Å². The van der Waals surface area contributed by atoms with Crippen molar-refractivity contribution >= 4 is 15.9 Å². The number of rotatable bonds is 5. The second-order valence-corrected chi connectivity index (χ2v) is 5.95. The van der Waals surface area contributed by atoms with Crippen molar-refractivity contribution in [2.75, 3.05) is 6.54 Å². The first-order chi connectivity index (χ1) is 9.58. The van der Waals surface area contributed by atoms with Gasteiger partial charge in [-0.25, -0.2) is 0 Å². The van der Waals surface area contributed by atoms with Crippen molar-refractivity contribution in [3.8, 4) is 0 Å². The Balaban J connectivity index is 2.34. The standard InChI is InChI=1S/C16H22BrN3/c1-4-20-15(16(17)12(3)19-20)9-13(10-18)14-8-6-5-7-11(14)2/h5-8,13H,4,9-10,18H2,1-3H3. The molecule has 1 heterocycles. The van der Waals surface area contributed by atoms with Crippen LogP contribution in [0.1, 0.15) is 35.4 Å². The quantitative estimate of drug-likeness (QED) is 0.907. The fourth-order valence-corrected chi connectivity index (χ4v) is 3.11. The van der Waals surface area contributed by atoms with E-state index < -0.39 is 0 Å². The Morgan fingerprint density at radius 1 is 1.30 bits per heavy atom. The van der Waals surface area contributed by atoms with Gasteiger partial charge < -0.3 is 5.73 Å². The average Bonchev–Trinajstić information content (AvgIpc) is 2.73. The Kier molecular flexibility index (Phi) is 5.00. The molecule has 2 N–H and O–H groups in total. The van der Waals surface area contributed by atoms with E-state index in [0.717, 1.165) is 23.1 Å². The third kappa shape index (κ3) is 2.96. The molecule has 1 atom stereocenters. The van der Waals surface area contributed by atoms with E-state index in [1.54, 1.807) is 0 Å². The number of aryl methyl sites for hydroxylation is 3. The molecule has 0 bridgehead atoms. The van der Waals surface area contributed by atoms with Gasteiger partial charge in [0.15, 0.2) is 0 Å². The first-order valence-electron chi connectivity index (χ1n) is 7.05. The largest absolute Gasteiger partial charge is 0.330 e. The average molecular weight is 336 g/mol. The summed E-state index contributed by atoms with van der Waals surface area (Å²) in [6, 6.07) is 8.49. The number of nitrogens with two attached hydrogens (primary N) is 1. The number of halogens is 1. The van der Waals surface area contributed by atoms with Gasteiger partial charge in [0, 0.05) is 12.5 Å². The second-order valence-electron chi connectivity index (χ2n) is 5.16. The molecule has 2 rings (SSSR count). The van der Waals surface area contributed by atoms with Crippen molar-refractivity contribution in [2.24, 2.45) is 5.73 Å². The Morgan fingerprint density at radius 2 is 2.00 bits per heavy atom. The normalized spacial score (nSPS) is 12.7. The van der Waals surface area contributed by atoms with E-state index in [9.17, 15) is 0 Å². The molecule has 0 amide bonds. The maximum absolute atomic E-state index is 6.02. The highest BCUT2D eigenvalue weighted by Crippen LogP contribution is 2.28. The molecule has 1 aromatic heterocycles. The number of benzene rings is 1. The first kappa shape index (κ1) is 15.3. The summed E-state index contributed by atoms with van der Waals surface area (Å²) in [6.45, 7) is 7.83. The van der Waals surface area contributed by atoms with Crippen LogP contribution in [0.2, 0.25) is 0 Å². The van der Waals surface area contributed by atoms with Crippen LogP contribution in [-0.2, 0) is 13.0 Å². The van der Waals surface area contributed by atoms with Crippen molar-refractivity contribution in [3.05, 3.63) is 51.3 Å². The Hall–Kier alpha value is -1.13. The van der Waals surface area contributed by atoms with Crippen molar-refractivity contribution in [2.45, 2.75) is 39.7 Å². The fourth-order valence-electron chi connectivity index (χ4n) is 2.66. The highest BCUT2D eigenvalue weighted by atomic mass is 79.9. The third-order valence-corrected chi connectivity index (χ3v) is 4.84. The van der Waals surface area contributed by atoms with Gasteiger partial charge in [-0.15, -0.1) is 0 Å². The molecule has 108 valence electrons. The first-order valence-corrected chi connectivity index (χ1v) is 7.85. The van der Waals surface area contributed by atoms with E-state index in [2.05, 4.69) is 63.8 Å². The van der Waals surface area contributed by atoms with Gasteiger partial charge in [-0.3, -0.25) is 4.68 Å². The molecule has 0 fully saturated rings. The zero-order valence-electron chi connectivity index (χ0n) is 12.4. The summed E-state index contributed by atoms with van der Waals surface area (Å²) >= 11 is 3.67. The molecule has 0 aliphatic carbocycles. The SMILES string of the molecule is CCn1nc(C)c(Br)c1CC(CN)c1ccccc1C. The minimum absolute atomic E-state index is 0.328. The molecule has 3 nitrogen and oxygen atoms in total. The molecular formula is C16H22BrN3. The third-order valence-electron chi connectivity index (χ3n) is 3.81. The fraction of sp³-hybridized carbons (Fsp3) is 0.438. The number of aromatic nitrogens is 2. The topological polar surface area (TPSA) is 43.8 Å². The predicted molar refractivity (Wildman–Crippen MR) is 87.0 cm³/mol. The van der Waals surface area contributed by atoms with Crippen LogP contribution in [0.25, 0.3) is 0 Å². The monoisotopic (exact) mass is 335 g/mol. The molecule has 0 radical (unpaired) electrons. The van der Waals surface area contributed by atoms with E-state index in [1.165, 1.54) is 16.8 Å². The molecule has 0 aliphatic heterocycles. The summed E-state index contributed by atoms with van der Waals surface area (Å²) in [7, 11) is 0. The Morgan fingerprint density at radius 3 is 2.60 bits per heavy atom. The molecule has 0 saturated heterocycles. The molecule has 1 unspecified atom stereocenters. The van der Waals surface area contributed by atoms with Crippen LogP contribution >= 0.6 is 15.9 Å². The maximum atomic E-state index is 6.02. The summed E-state index contributed by atoms with van der Waals surface area (Å²) in [6.07, 6.45) is 0.913. The van der Waals surface area contributed by atoms with Crippen molar-refractivity contribution in [3.63, 3.8) is 0 Å². The zero-order chi connectivity index (χ0) is 14.7. The molecule has 2 aromatic rings. The van der Waals surface area contributed by atoms with Crippen LogP contribution in [0, 0.1) is 13.8 Å². The van der Waals surface area contributed by atoms with Gasteiger partial charge in [0.05, 0.1) is 15.9 Å². The van der Waals surface area contributed by atoms with Gasteiger partial charge in [0.25, 0.3) is 0 Å². The van der Waals surface area contributed by atoms with Crippen molar-refractivity contribution in [1.82, 2.24) is 9.78 Å². The van der Waals surface area contributed by atoms with Crippen molar-refractivity contribution < 1.29 is 0 Å². The maximum Gasteiger partial charge on any atom is 0.0738 e. The lowest BCUT2D eigenvalue weighted by molar-refractivity contribution is 0.581. The predicted octanol–water partition coefficient (Wildman–Crippen LogP) is 3.57. The minimum Gasteiger partial charge on any atom is -0.330 e. The molecule has 0 aliphatic rings. The van der Waals surface area contributed by atoms with Gasteiger partial charge in [-0.1, -0.05) is 24.3 Å². The summed E-state index contributed by atoms with van der Waals surface area (Å²) in [5, 5.41) is 4.56. The molecule has 0 saturated carbocycles. The lowest BCUT2D eigenvalue weighted by Gasteiger charge is -2.18. The molecular weight excluding hydrogens is 314 g/mol. The number of nitrogens with zero attached hydrogens (tertiary/aromatic N) is 2. The summed E-state index contributed by atoms with van der Waals surface area (Å²) in [5.41, 5.74) is 10.9. The van der Waals surface area contributed by atoms with Gasteiger partial charge in [-0.2, -0.15) is 5.10 Å². The van der Waals surface area contributed by atoms with E-state index in [-0.39, 0.29) is 0 Å². The number of hydrogen-bond donors (Lipinski definition) is 1. The van der Waals surface area contributed by atoms with Crippen LogP contribution in [0.5, 0.6) is 0 Å². The molecule has 20 heavy (non-hydrogen) atoms. The van der Waals surface area contributed by atoms with Crippen LogP contribution in [0.4, 0.5) is 0 Å². The van der Waals surface area contributed by atoms with Gasteiger partial charge in [-0.05, 0) is 60.8 Å². The lowest BCUT2D eigenvalue weighted by Crippen LogP contribution is -2.18. The second kappa shape index (κ2) is 6.55. The van der Waals surface area contributed by atoms with Crippen LogP contribution in [0.3, 0.4) is 0 Å². The van der Waals surface area contributed by atoms with Gasteiger partial charge in [0.1, 0.15) is 0 Å². The van der Waals surface area contributed by atoms with Gasteiger partial charge >= 0.3 is 0 Å². The van der Waals surface area contributed by atoms with E-state index in [1.807, 2.05) is 6.92 Å². The summed E-state index contributed by atoms with van der Waals surface area (Å²) in [5.74, 6) is 0.328. The van der Waals surface area contributed by atoms with Crippen LogP contribution in [0.15, 0.2) is 28.7 Å². The molecule has 0 spiro atoms. The van der Waals surface area contributed by atoms with Crippen molar-refractivity contribution in [1.29, 1.82) is 0 Å². The highest BCUT2D eigenvalue weighted by molar-refractivity contribution is 9.10. The highest BCUT2D eigenvalue weighted by Gasteiger charge is 2.19. The summed E-state index contributed by atoms with van der Waals surface area (Å²) < 4.78 is 3.19. The zero-order valence-corrected chi connectivity index (χ0v) is 13.9. The Labute approximate surface area is 129 Å². The van der Waals surface area contributed by atoms with E-state index in [4.69, 9.17) is 5.73 Å². The minimum atomic E-state index is 0.328. The van der Waals surface area contributed by atoms with E-state index >= 15 is 0 Å². The summed E-state index contributed by atoms with van der Waals surface area (Å²) in [4.78, 5) is 0. The van der Waals surface area contributed by atoms with Crippen LogP contribution < -0.4 is 5.73 Å². The number of hydrogen-bond acceptors (Lipinski definition) is 2. The van der Waals surface area contributed by atoms with E-state index in [0.29, 0.717) is 12.5 Å². The Bertz CT molecular complexity index is 589. The molecule has 1 aromatic carbocycles. The van der Waals surface area contributed by atoms with Crippen LogP contribution in [-0.4, -0.2) is 16.3 Å². The smallest absolute Gasteiger partial charge is 0.0738 e.